The van der Waals surface area contributed by atoms with E-state index in [-0.39, 0.29) is 5.91 Å². The van der Waals surface area contributed by atoms with Gasteiger partial charge in [-0.05, 0) is 50.5 Å². The molecule has 1 aliphatic rings. The standard InChI is InChI=1S/C20H21N5OS/c1-13-5-8-17(14(2)10-13)25-19(15-4-3-9-21-11-15)23-24-20(25)27-12-18(26)22-16-6-7-16/h3-5,8-11,16H,6-7,12H2,1-2H3,(H,22,26). The highest BCUT2D eigenvalue weighted by atomic mass is 32.2. The Labute approximate surface area is 162 Å². The van der Waals surface area contributed by atoms with E-state index in [0.29, 0.717) is 17.0 Å². The molecule has 1 amide bonds. The maximum absolute atomic E-state index is 12.1. The second-order valence-corrected chi connectivity index (χ2v) is 7.75. The second-order valence-electron chi connectivity index (χ2n) is 6.80. The molecule has 0 radical (unpaired) electrons. The van der Waals surface area contributed by atoms with Gasteiger partial charge in [0, 0.05) is 24.0 Å². The van der Waals surface area contributed by atoms with Crippen LogP contribution < -0.4 is 5.32 Å². The van der Waals surface area contributed by atoms with E-state index < -0.39 is 0 Å². The van der Waals surface area contributed by atoms with Gasteiger partial charge in [-0.15, -0.1) is 10.2 Å². The first-order valence-electron chi connectivity index (χ1n) is 8.97. The van der Waals surface area contributed by atoms with Crippen LogP contribution in [-0.2, 0) is 4.79 Å². The van der Waals surface area contributed by atoms with Gasteiger partial charge in [0.15, 0.2) is 11.0 Å². The molecular formula is C20H21N5OS. The van der Waals surface area contributed by atoms with Gasteiger partial charge in [0.25, 0.3) is 0 Å². The topological polar surface area (TPSA) is 72.7 Å². The molecule has 0 aliphatic heterocycles. The minimum Gasteiger partial charge on any atom is -0.353 e. The fourth-order valence-corrected chi connectivity index (χ4v) is 3.70. The predicted molar refractivity (Wildman–Crippen MR) is 106 cm³/mol. The number of benzene rings is 1. The van der Waals surface area contributed by atoms with Crippen LogP contribution in [0, 0.1) is 13.8 Å². The van der Waals surface area contributed by atoms with Crippen LogP contribution in [0.15, 0.2) is 47.9 Å². The van der Waals surface area contributed by atoms with Crippen molar-refractivity contribution in [3.05, 3.63) is 53.9 Å². The van der Waals surface area contributed by atoms with E-state index in [1.807, 2.05) is 16.7 Å². The van der Waals surface area contributed by atoms with Crippen LogP contribution >= 0.6 is 11.8 Å². The van der Waals surface area contributed by atoms with Crippen molar-refractivity contribution in [1.82, 2.24) is 25.1 Å². The maximum Gasteiger partial charge on any atom is 0.230 e. The van der Waals surface area contributed by atoms with Crippen molar-refractivity contribution in [2.75, 3.05) is 5.75 Å². The highest BCUT2D eigenvalue weighted by Gasteiger charge is 2.24. The van der Waals surface area contributed by atoms with E-state index in [1.165, 1.54) is 17.3 Å². The predicted octanol–water partition coefficient (Wildman–Crippen LogP) is 3.32. The number of rotatable bonds is 6. The fourth-order valence-electron chi connectivity index (χ4n) is 2.95. The van der Waals surface area contributed by atoms with E-state index in [2.05, 4.69) is 52.5 Å². The Kier molecular flexibility index (Phi) is 4.94. The first kappa shape index (κ1) is 17.7. The highest BCUT2D eigenvalue weighted by molar-refractivity contribution is 7.99. The second kappa shape index (κ2) is 7.52. The lowest BCUT2D eigenvalue weighted by Crippen LogP contribution is -2.27. The van der Waals surface area contributed by atoms with Crippen molar-refractivity contribution < 1.29 is 4.79 Å². The quantitative estimate of drug-likeness (QED) is 0.665. The monoisotopic (exact) mass is 379 g/mol. The Morgan fingerprint density at radius 2 is 2.11 bits per heavy atom. The van der Waals surface area contributed by atoms with Crippen LogP contribution in [0.3, 0.4) is 0 Å². The Morgan fingerprint density at radius 3 is 2.81 bits per heavy atom. The SMILES string of the molecule is Cc1ccc(-n2c(SCC(=O)NC3CC3)nnc2-c2cccnc2)c(C)c1. The molecule has 1 saturated carbocycles. The number of aryl methyl sites for hydroxylation is 2. The molecule has 1 fully saturated rings. The largest absolute Gasteiger partial charge is 0.353 e. The number of nitrogens with zero attached hydrogens (tertiary/aromatic N) is 4. The van der Waals surface area contributed by atoms with E-state index >= 15 is 0 Å². The van der Waals surface area contributed by atoms with E-state index in [0.717, 1.165) is 35.5 Å². The molecule has 0 saturated heterocycles. The molecule has 3 aromatic rings. The molecule has 27 heavy (non-hydrogen) atoms. The first-order valence-corrected chi connectivity index (χ1v) is 9.96. The molecule has 138 valence electrons. The summed E-state index contributed by atoms with van der Waals surface area (Å²) in [5.41, 5.74) is 4.23. The van der Waals surface area contributed by atoms with Crippen molar-refractivity contribution in [2.45, 2.75) is 37.9 Å². The number of aromatic nitrogens is 4. The smallest absolute Gasteiger partial charge is 0.230 e. The maximum atomic E-state index is 12.1. The molecule has 0 spiro atoms. The summed E-state index contributed by atoms with van der Waals surface area (Å²) in [6.45, 7) is 4.15. The van der Waals surface area contributed by atoms with Gasteiger partial charge in [0.05, 0.1) is 11.4 Å². The summed E-state index contributed by atoms with van der Waals surface area (Å²) in [5.74, 6) is 1.09. The number of pyridine rings is 1. The van der Waals surface area contributed by atoms with E-state index in [1.54, 1.807) is 12.4 Å². The third kappa shape index (κ3) is 4.03. The molecule has 1 aliphatic carbocycles. The normalized spacial score (nSPS) is 13.6. The summed E-state index contributed by atoms with van der Waals surface area (Å²) in [4.78, 5) is 16.3. The van der Waals surface area contributed by atoms with Gasteiger partial charge in [-0.25, -0.2) is 0 Å². The van der Waals surface area contributed by atoms with Crippen LogP contribution in [0.2, 0.25) is 0 Å². The zero-order valence-electron chi connectivity index (χ0n) is 15.3. The minimum atomic E-state index is 0.0422. The summed E-state index contributed by atoms with van der Waals surface area (Å²) in [6.07, 6.45) is 5.68. The van der Waals surface area contributed by atoms with Crippen LogP contribution in [0.5, 0.6) is 0 Å². The third-order valence-corrected chi connectivity index (χ3v) is 5.35. The number of hydrogen-bond donors (Lipinski definition) is 1. The van der Waals surface area contributed by atoms with Gasteiger partial charge in [0.2, 0.25) is 5.91 Å². The lowest BCUT2D eigenvalue weighted by molar-refractivity contribution is -0.118. The van der Waals surface area contributed by atoms with E-state index in [4.69, 9.17) is 0 Å². The summed E-state index contributed by atoms with van der Waals surface area (Å²) < 4.78 is 2.01. The molecule has 4 rings (SSSR count). The van der Waals surface area contributed by atoms with Gasteiger partial charge >= 0.3 is 0 Å². The molecular weight excluding hydrogens is 358 g/mol. The van der Waals surface area contributed by atoms with Gasteiger partial charge in [-0.3, -0.25) is 14.3 Å². The number of nitrogens with one attached hydrogen (secondary N) is 1. The third-order valence-electron chi connectivity index (χ3n) is 4.42. The zero-order valence-corrected chi connectivity index (χ0v) is 16.2. The summed E-state index contributed by atoms with van der Waals surface area (Å²) in [5, 5.41) is 12.5. The number of amides is 1. The Morgan fingerprint density at radius 1 is 1.26 bits per heavy atom. The summed E-state index contributed by atoms with van der Waals surface area (Å²) in [6, 6.07) is 10.5. The number of thioether (sulfide) groups is 1. The van der Waals surface area contributed by atoms with Gasteiger partial charge < -0.3 is 5.32 Å². The van der Waals surface area contributed by atoms with Crippen molar-refractivity contribution in [3.8, 4) is 17.1 Å². The van der Waals surface area contributed by atoms with Crippen molar-refractivity contribution in [1.29, 1.82) is 0 Å². The number of hydrogen-bond acceptors (Lipinski definition) is 5. The average molecular weight is 379 g/mol. The molecule has 1 N–H and O–H groups in total. The molecule has 6 nitrogen and oxygen atoms in total. The van der Waals surface area contributed by atoms with Crippen LogP contribution in [0.25, 0.3) is 17.1 Å². The summed E-state index contributed by atoms with van der Waals surface area (Å²) >= 11 is 1.41. The Bertz CT molecular complexity index is 966. The molecule has 1 aromatic carbocycles. The van der Waals surface area contributed by atoms with Crippen LogP contribution in [-0.4, -0.2) is 37.5 Å². The zero-order chi connectivity index (χ0) is 18.8. The number of carbonyl (C=O) groups excluding carboxylic acids is 1. The van der Waals surface area contributed by atoms with Crippen molar-refractivity contribution in [3.63, 3.8) is 0 Å². The Balaban J connectivity index is 1.70. The molecule has 2 heterocycles. The highest BCUT2D eigenvalue weighted by Crippen LogP contribution is 2.29. The fraction of sp³-hybridized carbons (Fsp3) is 0.300. The first-order chi connectivity index (χ1) is 13.1. The van der Waals surface area contributed by atoms with Gasteiger partial charge in [-0.2, -0.15) is 0 Å². The summed E-state index contributed by atoms with van der Waals surface area (Å²) in [7, 11) is 0. The lowest BCUT2D eigenvalue weighted by Gasteiger charge is -2.13. The van der Waals surface area contributed by atoms with E-state index in [9.17, 15) is 4.79 Å². The molecule has 0 bridgehead atoms. The Hall–Kier alpha value is -2.67. The molecule has 7 heteroatoms. The molecule has 2 aromatic heterocycles. The number of carbonyl (C=O) groups is 1. The van der Waals surface area contributed by atoms with Crippen LogP contribution in [0.4, 0.5) is 0 Å². The van der Waals surface area contributed by atoms with Crippen molar-refractivity contribution >= 4 is 17.7 Å². The average Bonchev–Trinajstić information content (AvgIpc) is 3.37. The molecule has 0 unspecified atom stereocenters. The van der Waals surface area contributed by atoms with Crippen molar-refractivity contribution in [2.24, 2.45) is 0 Å². The van der Waals surface area contributed by atoms with Gasteiger partial charge in [0.1, 0.15) is 0 Å². The van der Waals surface area contributed by atoms with Gasteiger partial charge in [-0.1, -0.05) is 29.5 Å². The molecule has 0 atom stereocenters. The van der Waals surface area contributed by atoms with Crippen LogP contribution in [0.1, 0.15) is 24.0 Å². The lowest BCUT2D eigenvalue weighted by atomic mass is 10.1. The minimum absolute atomic E-state index is 0.0422.